The highest BCUT2D eigenvalue weighted by Gasteiger charge is 2.27. The minimum Gasteiger partial charge on any atom is -0.367 e. The van der Waals surface area contributed by atoms with Gasteiger partial charge in [0.05, 0.1) is 6.61 Å². The van der Waals surface area contributed by atoms with E-state index in [1.165, 1.54) is 0 Å². The third kappa shape index (κ3) is 8.04. The lowest BCUT2D eigenvalue weighted by atomic mass is 10.1. The molecule has 2 rings (SSSR count). The molecule has 0 fully saturated rings. The number of ketones is 1. The molecule has 0 unspecified atom stereocenters. The van der Waals surface area contributed by atoms with Gasteiger partial charge in [-0.3, -0.25) is 9.59 Å². The van der Waals surface area contributed by atoms with Crippen molar-refractivity contribution in [1.82, 2.24) is 5.32 Å². The van der Waals surface area contributed by atoms with Gasteiger partial charge in [0.15, 0.2) is 5.78 Å². The highest BCUT2D eigenvalue weighted by Crippen LogP contribution is 2.16. The topological polar surface area (TPSA) is 55.4 Å². The van der Waals surface area contributed by atoms with E-state index in [2.05, 4.69) is 10.1 Å². The van der Waals surface area contributed by atoms with Gasteiger partial charge in [-0.1, -0.05) is 54.6 Å². The Hall–Kier alpha value is -2.67. The predicted molar refractivity (Wildman–Crippen MR) is 94.0 cm³/mol. The van der Waals surface area contributed by atoms with Crippen LogP contribution in [-0.2, 0) is 22.7 Å². The Labute approximate surface area is 155 Å². The van der Waals surface area contributed by atoms with E-state index in [4.69, 9.17) is 0 Å². The Bertz CT molecular complexity index is 743. The molecule has 0 radical (unpaired) electrons. The third-order valence-electron chi connectivity index (χ3n) is 3.72. The molecule has 0 saturated heterocycles. The van der Waals surface area contributed by atoms with E-state index < -0.39 is 12.8 Å². The van der Waals surface area contributed by atoms with Crippen molar-refractivity contribution in [2.45, 2.75) is 32.2 Å². The van der Waals surface area contributed by atoms with E-state index in [9.17, 15) is 22.8 Å². The summed E-state index contributed by atoms with van der Waals surface area (Å²) in [6.07, 6.45) is -4.12. The molecule has 2 aromatic rings. The average Bonchev–Trinajstić information content (AvgIpc) is 2.65. The summed E-state index contributed by atoms with van der Waals surface area (Å²) in [5, 5.41) is 2.72. The van der Waals surface area contributed by atoms with Gasteiger partial charge in [-0.15, -0.1) is 0 Å². The number of Topliss-reactive ketones (excluding diaryl/α,β-unsaturated/α-hetero) is 1. The van der Waals surface area contributed by atoms with Crippen LogP contribution in [-0.4, -0.2) is 24.5 Å². The number of nitrogens with one attached hydrogen (secondary N) is 1. The van der Waals surface area contributed by atoms with E-state index in [0.717, 1.165) is 5.56 Å². The summed E-state index contributed by atoms with van der Waals surface area (Å²) in [7, 11) is 0. The number of ether oxygens (including phenoxy) is 1. The number of benzene rings is 2. The minimum absolute atomic E-state index is 0.0889. The Morgan fingerprint density at radius 2 is 1.52 bits per heavy atom. The van der Waals surface area contributed by atoms with Crippen LogP contribution in [0.3, 0.4) is 0 Å². The van der Waals surface area contributed by atoms with Gasteiger partial charge in [-0.25, -0.2) is 0 Å². The van der Waals surface area contributed by atoms with E-state index in [1.54, 1.807) is 48.5 Å². The largest absolute Gasteiger partial charge is 0.411 e. The van der Waals surface area contributed by atoms with Crippen LogP contribution in [0.4, 0.5) is 13.2 Å². The molecular weight excluding hydrogens is 359 g/mol. The van der Waals surface area contributed by atoms with Crippen LogP contribution in [0.1, 0.15) is 34.3 Å². The van der Waals surface area contributed by atoms with Crippen LogP contribution in [0.2, 0.25) is 0 Å². The second-order valence-corrected chi connectivity index (χ2v) is 5.99. The molecule has 0 spiro atoms. The summed E-state index contributed by atoms with van der Waals surface area (Å²) in [6.45, 7) is -1.14. The summed E-state index contributed by atoms with van der Waals surface area (Å²) in [4.78, 5) is 23.8. The second-order valence-electron chi connectivity index (χ2n) is 5.99. The van der Waals surface area contributed by atoms with Gasteiger partial charge in [0.25, 0.3) is 0 Å². The molecule has 0 heterocycles. The number of carbonyl (C=O) groups is 2. The molecule has 0 atom stereocenters. The number of rotatable bonds is 9. The Kier molecular flexibility index (Phi) is 7.55. The van der Waals surface area contributed by atoms with Gasteiger partial charge in [0.2, 0.25) is 5.91 Å². The second kappa shape index (κ2) is 9.87. The standard InChI is InChI=1S/C20H20F3NO3/c21-20(22,23)14-27-13-16-8-6-15(7-9-16)12-24-19(26)11-10-18(25)17-4-2-1-3-5-17/h1-9H,10-14H2,(H,24,26). The Morgan fingerprint density at radius 1 is 0.889 bits per heavy atom. The van der Waals surface area contributed by atoms with Crippen LogP contribution in [0.25, 0.3) is 0 Å². The number of hydrogen-bond donors (Lipinski definition) is 1. The molecule has 2 aromatic carbocycles. The predicted octanol–water partition coefficient (Wildman–Crippen LogP) is 4.04. The quantitative estimate of drug-likeness (QED) is 0.669. The van der Waals surface area contributed by atoms with Gasteiger partial charge in [-0.05, 0) is 11.1 Å². The van der Waals surface area contributed by atoms with Gasteiger partial charge in [0, 0.05) is 24.9 Å². The van der Waals surface area contributed by atoms with Crippen LogP contribution >= 0.6 is 0 Å². The maximum Gasteiger partial charge on any atom is 0.411 e. The van der Waals surface area contributed by atoms with Crippen LogP contribution in [0, 0.1) is 0 Å². The molecule has 4 nitrogen and oxygen atoms in total. The van der Waals surface area contributed by atoms with Crippen LogP contribution in [0.15, 0.2) is 54.6 Å². The number of halogens is 3. The normalized spacial score (nSPS) is 11.2. The summed E-state index contributed by atoms with van der Waals surface area (Å²) >= 11 is 0. The molecule has 7 heteroatoms. The molecule has 0 saturated carbocycles. The van der Waals surface area contributed by atoms with Crippen molar-refractivity contribution < 1.29 is 27.5 Å². The van der Waals surface area contributed by atoms with Crippen LogP contribution < -0.4 is 5.32 Å². The van der Waals surface area contributed by atoms with Crippen molar-refractivity contribution in [3.05, 3.63) is 71.3 Å². The summed E-state index contributed by atoms with van der Waals surface area (Å²) < 4.78 is 40.7. The lowest BCUT2D eigenvalue weighted by molar-refractivity contribution is -0.176. The Morgan fingerprint density at radius 3 is 2.15 bits per heavy atom. The number of hydrogen-bond acceptors (Lipinski definition) is 3. The lowest BCUT2D eigenvalue weighted by Crippen LogP contribution is -2.23. The molecule has 0 bridgehead atoms. The molecule has 144 valence electrons. The van der Waals surface area contributed by atoms with Crippen molar-refractivity contribution in [1.29, 1.82) is 0 Å². The van der Waals surface area contributed by atoms with Gasteiger partial charge < -0.3 is 10.1 Å². The molecule has 0 aromatic heterocycles. The van der Waals surface area contributed by atoms with Gasteiger partial charge in [0.1, 0.15) is 6.61 Å². The molecule has 0 aliphatic heterocycles. The van der Waals surface area contributed by atoms with Crippen LogP contribution in [0.5, 0.6) is 0 Å². The highest BCUT2D eigenvalue weighted by molar-refractivity contribution is 5.97. The van der Waals surface area contributed by atoms with Crippen molar-refractivity contribution >= 4 is 11.7 Å². The van der Waals surface area contributed by atoms with E-state index in [0.29, 0.717) is 11.1 Å². The average molecular weight is 379 g/mol. The maximum atomic E-state index is 12.0. The smallest absolute Gasteiger partial charge is 0.367 e. The van der Waals surface area contributed by atoms with E-state index in [1.807, 2.05) is 6.07 Å². The third-order valence-corrected chi connectivity index (χ3v) is 3.72. The van der Waals surface area contributed by atoms with Crippen molar-refractivity contribution in [2.75, 3.05) is 6.61 Å². The molecule has 1 amide bonds. The molecule has 0 aliphatic rings. The molecule has 27 heavy (non-hydrogen) atoms. The first-order valence-corrected chi connectivity index (χ1v) is 8.41. The minimum atomic E-state index is -4.34. The monoisotopic (exact) mass is 379 g/mol. The van der Waals surface area contributed by atoms with Gasteiger partial charge in [-0.2, -0.15) is 13.2 Å². The van der Waals surface area contributed by atoms with Crippen molar-refractivity contribution in [2.24, 2.45) is 0 Å². The fourth-order valence-corrected chi connectivity index (χ4v) is 2.32. The van der Waals surface area contributed by atoms with Crippen molar-refractivity contribution in [3.63, 3.8) is 0 Å². The summed E-state index contributed by atoms with van der Waals surface area (Å²) in [5.74, 6) is -0.328. The van der Waals surface area contributed by atoms with Gasteiger partial charge >= 0.3 is 6.18 Å². The Balaban J connectivity index is 1.69. The van der Waals surface area contributed by atoms with E-state index in [-0.39, 0.29) is 37.7 Å². The first-order valence-electron chi connectivity index (χ1n) is 8.41. The molecule has 1 N–H and O–H groups in total. The SMILES string of the molecule is O=C(CCC(=O)c1ccccc1)NCc1ccc(COCC(F)(F)F)cc1. The molecular formula is C20H20F3NO3. The lowest BCUT2D eigenvalue weighted by Gasteiger charge is -2.09. The number of alkyl halides is 3. The fourth-order valence-electron chi connectivity index (χ4n) is 2.32. The zero-order chi connectivity index (χ0) is 19.7. The van der Waals surface area contributed by atoms with E-state index >= 15 is 0 Å². The highest BCUT2D eigenvalue weighted by atomic mass is 19.4. The van der Waals surface area contributed by atoms with Crippen molar-refractivity contribution in [3.8, 4) is 0 Å². The maximum absolute atomic E-state index is 12.0. The zero-order valence-corrected chi connectivity index (χ0v) is 14.6. The number of amides is 1. The summed E-state index contributed by atoms with van der Waals surface area (Å²) in [6, 6.07) is 15.5. The fraction of sp³-hybridized carbons (Fsp3) is 0.300. The zero-order valence-electron chi connectivity index (χ0n) is 14.6. The summed E-state index contributed by atoms with van der Waals surface area (Å²) in [5.41, 5.74) is 1.99. The first-order chi connectivity index (χ1) is 12.8. The molecule has 0 aliphatic carbocycles. The first kappa shape index (κ1) is 20.6. The number of carbonyl (C=O) groups excluding carboxylic acids is 2.